The van der Waals surface area contributed by atoms with Crippen LogP contribution in [0, 0.1) is 11.5 Å². The molecule has 3 aliphatic rings. The van der Waals surface area contributed by atoms with Crippen LogP contribution in [0.2, 0.25) is 0 Å². The molecule has 1 amide bonds. The summed E-state index contributed by atoms with van der Waals surface area (Å²) < 4.78 is 76.2. The van der Waals surface area contributed by atoms with Gasteiger partial charge in [0.05, 0.1) is 30.9 Å². The van der Waals surface area contributed by atoms with Crippen LogP contribution in [0.5, 0.6) is 0 Å². The van der Waals surface area contributed by atoms with Crippen molar-refractivity contribution in [1.29, 1.82) is 5.26 Å². The van der Waals surface area contributed by atoms with Gasteiger partial charge in [-0.2, -0.15) is 5.26 Å². The van der Waals surface area contributed by atoms with E-state index in [1.165, 1.54) is 29.2 Å². The average molecular weight is 632 g/mol. The highest BCUT2D eigenvalue weighted by molar-refractivity contribution is 8.45. The summed E-state index contributed by atoms with van der Waals surface area (Å²) in [5.41, 5.74) is 0.714. The van der Waals surface area contributed by atoms with Gasteiger partial charge in [-0.05, 0) is 56.0 Å². The Morgan fingerprint density at radius 2 is 1.81 bits per heavy atom. The molecule has 9 nitrogen and oxygen atoms in total. The Morgan fingerprint density at radius 1 is 1.16 bits per heavy atom. The average Bonchev–Trinajstić information content (AvgIpc) is 3.54. The second-order valence-corrected chi connectivity index (χ2v) is 13.4. The number of hydrogen-bond donors (Lipinski definition) is 1. The van der Waals surface area contributed by atoms with Gasteiger partial charge in [-0.25, -0.2) is 0 Å². The first kappa shape index (κ1) is 32.4. The second-order valence-electron chi connectivity index (χ2n) is 10.9. The predicted molar refractivity (Wildman–Crippen MR) is 150 cm³/mol. The number of anilines is 1. The lowest BCUT2D eigenvalue weighted by molar-refractivity contribution is -0.124. The van der Waals surface area contributed by atoms with E-state index in [9.17, 15) is 29.0 Å². The van der Waals surface area contributed by atoms with Crippen molar-refractivity contribution in [2.75, 3.05) is 25.6 Å². The molecule has 3 fully saturated rings. The van der Waals surface area contributed by atoms with Gasteiger partial charge < -0.3 is 24.5 Å². The highest BCUT2D eigenvalue weighted by Gasteiger charge is 2.65. The number of halogens is 5. The number of nitrogens with one attached hydrogen (secondary N) is 1. The van der Waals surface area contributed by atoms with Gasteiger partial charge in [0.15, 0.2) is 6.19 Å². The summed E-state index contributed by atoms with van der Waals surface area (Å²) in [4.78, 5) is 28.6. The smallest absolute Gasteiger partial charge is 0.310 e. The summed E-state index contributed by atoms with van der Waals surface area (Å²) in [5, 5.41) is 11.6. The van der Waals surface area contributed by atoms with Crippen LogP contribution in [0.4, 0.5) is 25.1 Å². The van der Waals surface area contributed by atoms with Gasteiger partial charge in [0, 0.05) is 50.3 Å². The first-order chi connectivity index (χ1) is 20.1. The summed E-state index contributed by atoms with van der Waals surface area (Å²) in [6.45, 7) is 0.538. The lowest BCUT2D eigenvalue weighted by atomic mass is 10.0. The molecule has 2 aromatic rings. The number of benzene rings is 1. The molecule has 236 valence electrons. The van der Waals surface area contributed by atoms with E-state index < -0.39 is 21.2 Å². The van der Waals surface area contributed by atoms with E-state index >= 15 is 0 Å². The van der Waals surface area contributed by atoms with Crippen molar-refractivity contribution < 1.29 is 38.5 Å². The number of likely N-dealkylation sites (tertiary alicyclic amines) is 1. The molecule has 5 unspecified atom stereocenters. The number of ether oxygens (including phenoxy) is 2. The largest absolute Gasteiger partial charge is 0.379 e. The fourth-order valence-corrected chi connectivity index (χ4v) is 6.32. The predicted octanol–water partition coefficient (Wildman–Crippen LogP) is 5.50. The number of pyridine rings is 1. The number of nitriles is 1. The SMILES string of the molecule is CN(c1ccc(S(F)(F)(F)(F)F)cc1)C(C(=O)NC1CC2CCC(C1)O2)c1cccnc1.COC1CC(C=O)N(C#N)C1. The summed E-state index contributed by atoms with van der Waals surface area (Å²) in [7, 11) is -6.66. The third kappa shape index (κ3) is 8.12. The molecular formula is C28H34F5N5O4S. The van der Waals surface area contributed by atoms with Crippen molar-refractivity contribution in [1.82, 2.24) is 15.2 Å². The van der Waals surface area contributed by atoms with E-state index in [-0.39, 0.29) is 42.0 Å². The number of carbonyl (C=O) groups is 2. The molecule has 1 aromatic carbocycles. The minimum Gasteiger partial charge on any atom is -0.379 e. The third-order valence-electron chi connectivity index (χ3n) is 7.89. The Hall–Kier alpha value is -3.48. The van der Waals surface area contributed by atoms with E-state index in [0.29, 0.717) is 43.5 Å². The zero-order valence-electron chi connectivity index (χ0n) is 23.6. The maximum atomic E-state index is 13.3. The maximum Gasteiger partial charge on any atom is 0.310 e. The Balaban J connectivity index is 0.000000324. The lowest BCUT2D eigenvalue weighted by Crippen LogP contribution is -2.47. The summed E-state index contributed by atoms with van der Waals surface area (Å²) in [6, 6.07) is 4.66. The first-order valence-corrected chi connectivity index (χ1v) is 15.6. The highest BCUT2D eigenvalue weighted by Crippen LogP contribution is 3.02. The van der Waals surface area contributed by atoms with Gasteiger partial charge in [-0.1, -0.05) is 25.5 Å². The van der Waals surface area contributed by atoms with Gasteiger partial charge in [-0.3, -0.25) is 14.7 Å². The van der Waals surface area contributed by atoms with Crippen molar-refractivity contribution in [2.45, 2.75) is 73.4 Å². The molecule has 3 aliphatic heterocycles. The van der Waals surface area contributed by atoms with E-state index in [1.807, 2.05) is 6.19 Å². The van der Waals surface area contributed by atoms with Gasteiger partial charge >= 0.3 is 10.2 Å². The normalized spacial score (nSPS) is 27.0. The van der Waals surface area contributed by atoms with Crippen LogP contribution < -0.4 is 10.2 Å². The van der Waals surface area contributed by atoms with Gasteiger partial charge in [0.1, 0.15) is 17.2 Å². The molecule has 0 saturated carbocycles. The zero-order valence-corrected chi connectivity index (χ0v) is 24.4. The Labute approximate surface area is 246 Å². The van der Waals surface area contributed by atoms with Gasteiger partial charge in [0.25, 0.3) is 0 Å². The summed E-state index contributed by atoms with van der Waals surface area (Å²) in [5.74, 6) is -0.344. The Kier molecular flexibility index (Phi) is 8.97. The van der Waals surface area contributed by atoms with Crippen molar-refractivity contribution in [3.8, 4) is 6.19 Å². The minimum atomic E-state index is -9.77. The van der Waals surface area contributed by atoms with Crippen LogP contribution in [-0.4, -0.2) is 73.2 Å². The number of hydrogen-bond acceptors (Lipinski definition) is 8. The molecule has 0 spiro atoms. The maximum absolute atomic E-state index is 13.3. The molecule has 1 aromatic heterocycles. The number of methoxy groups -OCH3 is 1. The Morgan fingerprint density at radius 3 is 2.30 bits per heavy atom. The molecule has 1 N–H and O–H groups in total. The molecule has 3 saturated heterocycles. The molecule has 2 bridgehead atoms. The number of aldehydes is 1. The topological polar surface area (TPSA) is 108 Å². The van der Waals surface area contributed by atoms with E-state index in [2.05, 4.69) is 10.3 Å². The number of likely N-dealkylation sites (N-methyl/N-ethyl adjacent to an activating group) is 1. The van der Waals surface area contributed by atoms with Crippen LogP contribution in [0.3, 0.4) is 0 Å². The second kappa shape index (κ2) is 11.9. The molecule has 5 rings (SSSR count). The van der Waals surface area contributed by atoms with Crippen LogP contribution in [0.25, 0.3) is 0 Å². The summed E-state index contributed by atoms with van der Waals surface area (Å²) >= 11 is 0. The molecule has 43 heavy (non-hydrogen) atoms. The van der Waals surface area contributed by atoms with Crippen molar-refractivity contribution in [3.63, 3.8) is 0 Å². The van der Waals surface area contributed by atoms with Gasteiger partial charge in [-0.15, -0.1) is 0 Å². The molecule has 0 radical (unpaired) electrons. The van der Waals surface area contributed by atoms with E-state index in [1.54, 1.807) is 19.2 Å². The molecule has 0 aliphatic carbocycles. The lowest BCUT2D eigenvalue weighted by Gasteiger charge is -2.40. The highest BCUT2D eigenvalue weighted by atomic mass is 32.5. The van der Waals surface area contributed by atoms with Crippen molar-refractivity contribution in [3.05, 3.63) is 54.4 Å². The number of aromatic nitrogens is 1. The zero-order chi connectivity index (χ0) is 31.5. The Bertz CT molecular complexity index is 1320. The van der Waals surface area contributed by atoms with Crippen LogP contribution in [-0.2, 0) is 19.1 Å². The number of nitrogens with zero attached hydrogens (tertiary/aromatic N) is 4. The molecule has 15 heteroatoms. The fourth-order valence-electron chi connectivity index (χ4n) is 5.67. The quantitative estimate of drug-likeness (QED) is 0.231. The fraction of sp³-hybridized carbons (Fsp3) is 0.500. The molecule has 4 heterocycles. The number of amides is 1. The van der Waals surface area contributed by atoms with Crippen LogP contribution in [0.15, 0.2) is 53.7 Å². The summed E-state index contributed by atoms with van der Waals surface area (Å²) in [6.07, 6.45) is 10.0. The van der Waals surface area contributed by atoms with Gasteiger partial charge in [0.2, 0.25) is 5.91 Å². The number of fused-ring (bicyclic) bond motifs is 2. The number of carbonyl (C=O) groups excluding carboxylic acids is 2. The number of rotatable bonds is 8. The first-order valence-electron chi connectivity index (χ1n) is 13.7. The van der Waals surface area contributed by atoms with Crippen molar-refractivity contribution in [2.24, 2.45) is 0 Å². The van der Waals surface area contributed by atoms with E-state index in [0.717, 1.165) is 31.3 Å². The molecule has 5 atom stereocenters. The van der Waals surface area contributed by atoms with Crippen molar-refractivity contribution >= 4 is 28.1 Å². The molecular weight excluding hydrogens is 597 g/mol. The monoisotopic (exact) mass is 631 g/mol. The standard InChI is InChI=1S/C21H24F5N3O2S.C7H10N2O2/c1-29(16-4-8-19(9-5-16)32(22,23,24,25)26)20(14-3-2-10-27-13-14)21(30)28-15-11-17-6-7-18(12-15)31-17;1-11-7-2-6(4-10)9(3-7)5-8/h2-5,8-10,13,15,17-18,20H,6-7,11-12H2,1H3,(H,28,30);4,6-7H,2-3H2,1H3. The minimum absolute atomic E-state index is 0.0323. The van der Waals surface area contributed by atoms with Crippen LogP contribution >= 0.6 is 10.2 Å². The van der Waals surface area contributed by atoms with E-state index in [4.69, 9.17) is 14.7 Å². The third-order valence-corrected chi connectivity index (χ3v) is 9.05. The van der Waals surface area contributed by atoms with Crippen LogP contribution in [0.1, 0.15) is 43.7 Å².